The Morgan fingerprint density at radius 2 is 2.23 bits per heavy atom. The molecule has 1 atom stereocenters. The minimum absolute atomic E-state index is 0.00302. The number of allylic oxidation sites excluding steroid dienone is 1. The van der Waals surface area contributed by atoms with E-state index in [-0.39, 0.29) is 11.9 Å². The molecule has 0 aliphatic rings. The second-order valence-corrected chi connectivity index (χ2v) is 5.90. The molecular weight excluding hydrogens is 333 g/mol. The van der Waals surface area contributed by atoms with Crippen LogP contribution < -0.4 is 5.73 Å². The smallest absolute Gasteiger partial charge is 0.236 e. The van der Waals surface area contributed by atoms with Gasteiger partial charge in [-0.15, -0.1) is 6.58 Å². The molecule has 1 heterocycles. The number of rotatable bonds is 10. The third kappa shape index (κ3) is 6.76. The van der Waals surface area contributed by atoms with E-state index < -0.39 is 5.83 Å². The number of nitrogens with zero attached hydrogens (tertiary/aromatic N) is 4. The monoisotopic (exact) mass is 361 g/mol. The summed E-state index contributed by atoms with van der Waals surface area (Å²) in [7, 11) is 1.90. The Morgan fingerprint density at radius 3 is 2.77 bits per heavy atom. The minimum Gasteiger partial charge on any atom is -0.402 e. The molecule has 1 aromatic heterocycles. The summed E-state index contributed by atoms with van der Waals surface area (Å²) >= 11 is 0. The van der Waals surface area contributed by atoms with Crippen LogP contribution in [0.3, 0.4) is 0 Å². The number of aromatic nitrogens is 1. The molecule has 2 N–H and O–H groups in total. The molecule has 7 heteroatoms. The number of carbonyl (C=O) groups excluding carboxylic acids is 1. The van der Waals surface area contributed by atoms with E-state index in [0.29, 0.717) is 25.5 Å². The maximum absolute atomic E-state index is 12.9. The van der Waals surface area contributed by atoms with Crippen molar-refractivity contribution >= 4 is 17.9 Å². The van der Waals surface area contributed by atoms with Crippen molar-refractivity contribution < 1.29 is 9.18 Å². The van der Waals surface area contributed by atoms with E-state index in [2.05, 4.69) is 16.6 Å². The van der Waals surface area contributed by atoms with Crippen molar-refractivity contribution in [3.8, 4) is 0 Å². The standard InChI is InChI=1S/C19H28FN5O/c1-5-7-10-25(6-2)19(26)14-24(4)15(3)16-8-9-18(22-12-16)23-13-17(20)11-21/h5,8-9,11-13,15H,1,6-7,10,14,21H2,2-4H3/t15-/m0/s1. The lowest BCUT2D eigenvalue weighted by Gasteiger charge is -2.28. The van der Waals surface area contributed by atoms with Gasteiger partial charge in [-0.05, 0) is 38.9 Å². The van der Waals surface area contributed by atoms with Gasteiger partial charge in [0.15, 0.2) is 11.6 Å². The van der Waals surface area contributed by atoms with Gasteiger partial charge in [-0.2, -0.15) is 0 Å². The van der Waals surface area contributed by atoms with E-state index >= 15 is 0 Å². The third-order valence-electron chi connectivity index (χ3n) is 4.12. The molecule has 1 rings (SSSR count). The first-order valence-corrected chi connectivity index (χ1v) is 8.59. The summed E-state index contributed by atoms with van der Waals surface area (Å²) in [5.41, 5.74) is 5.99. The Hall–Kier alpha value is -2.54. The molecule has 0 saturated heterocycles. The molecule has 142 valence electrons. The van der Waals surface area contributed by atoms with Gasteiger partial charge < -0.3 is 10.6 Å². The van der Waals surface area contributed by atoms with Crippen LogP contribution in [0.4, 0.5) is 10.2 Å². The first kappa shape index (κ1) is 21.5. The number of hydrogen-bond donors (Lipinski definition) is 1. The highest BCUT2D eigenvalue weighted by Crippen LogP contribution is 2.20. The Kier molecular flexibility index (Phi) is 9.22. The van der Waals surface area contributed by atoms with Gasteiger partial charge in [0.2, 0.25) is 5.91 Å². The zero-order valence-electron chi connectivity index (χ0n) is 15.7. The van der Waals surface area contributed by atoms with Crippen LogP contribution in [0.15, 0.2) is 48.0 Å². The van der Waals surface area contributed by atoms with Gasteiger partial charge in [-0.3, -0.25) is 9.69 Å². The largest absolute Gasteiger partial charge is 0.402 e. The van der Waals surface area contributed by atoms with E-state index in [1.54, 1.807) is 12.3 Å². The van der Waals surface area contributed by atoms with Crippen molar-refractivity contribution in [2.24, 2.45) is 10.7 Å². The van der Waals surface area contributed by atoms with E-state index in [0.717, 1.165) is 24.4 Å². The van der Waals surface area contributed by atoms with Crippen LogP contribution in [0.2, 0.25) is 0 Å². The third-order valence-corrected chi connectivity index (χ3v) is 4.12. The molecule has 0 aliphatic heterocycles. The topological polar surface area (TPSA) is 74.8 Å². The number of pyridine rings is 1. The van der Waals surface area contributed by atoms with Crippen LogP contribution in [0.5, 0.6) is 0 Å². The predicted octanol–water partition coefficient (Wildman–Crippen LogP) is 2.97. The molecule has 0 spiro atoms. The Labute approximate surface area is 154 Å². The fraction of sp³-hybridized carbons (Fsp3) is 0.421. The van der Waals surface area contributed by atoms with Crippen molar-refractivity contribution in [3.63, 3.8) is 0 Å². The molecule has 0 aliphatic carbocycles. The zero-order chi connectivity index (χ0) is 19.5. The van der Waals surface area contributed by atoms with Crippen LogP contribution >= 0.6 is 0 Å². The van der Waals surface area contributed by atoms with Gasteiger partial charge in [0.05, 0.1) is 12.8 Å². The molecule has 1 amide bonds. The second-order valence-electron chi connectivity index (χ2n) is 5.90. The number of amides is 1. The summed E-state index contributed by atoms with van der Waals surface area (Å²) in [5.74, 6) is -0.153. The van der Waals surface area contributed by atoms with E-state index in [9.17, 15) is 9.18 Å². The van der Waals surface area contributed by atoms with Crippen molar-refractivity contribution in [2.75, 3.05) is 26.7 Å². The summed E-state index contributed by atoms with van der Waals surface area (Å²) in [5, 5.41) is 0. The molecule has 0 unspecified atom stereocenters. The Bertz CT molecular complexity index is 642. The number of nitrogens with two attached hydrogens (primary N) is 1. The van der Waals surface area contributed by atoms with Crippen molar-refractivity contribution in [1.82, 2.24) is 14.8 Å². The summed E-state index contributed by atoms with van der Waals surface area (Å²) in [4.78, 5) is 24.3. The first-order chi connectivity index (χ1) is 12.4. The van der Waals surface area contributed by atoms with Crippen LogP contribution in [-0.2, 0) is 4.79 Å². The van der Waals surface area contributed by atoms with Gasteiger partial charge in [0, 0.05) is 31.5 Å². The van der Waals surface area contributed by atoms with Gasteiger partial charge in [0.25, 0.3) is 0 Å². The number of likely N-dealkylation sites (N-methyl/N-ethyl adjacent to an activating group) is 2. The van der Waals surface area contributed by atoms with E-state index in [1.165, 1.54) is 0 Å². The summed E-state index contributed by atoms with van der Waals surface area (Å²) in [6.45, 7) is 9.35. The molecule has 6 nitrogen and oxygen atoms in total. The quantitative estimate of drug-likeness (QED) is 0.513. The summed E-state index contributed by atoms with van der Waals surface area (Å²) < 4.78 is 12.9. The maximum atomic E-state index is 12.9. The van der Waals surface area contributed by atoms with Crippen molar-refractivity contribution in [1.29, 1.82) is 0 Å². The first-order valence-electron chi connectivity index (χ1n) is 8.59. The zero-order valence-corrected chi connectivity index (χ0v) is 15.7. The lowest BCUT2D eigenvalue weighted by atomic mass is 10.1. The van der Waals surface area contributed by atoms with Gasteiger partial charge in [0.1, 0.15) is 0 Å². The molecule has 26 heavy (non-hydrogen) atoms. The van der Waals surface area contributed by atoms with Crippen LogP contribution in [-0.4, -0.2) is 53.6 Å². The summed E-state index contributed by atoms with van der Waals surface area (Å²) in [6, 6.07) is 3.57. The second kappa shape index (κ2) is 11.1. The van der Waals surface area contributed by atoms with Crippen LogP contribution in [0, 0.1) is 0 Å². The molecular formula is C19H28FN5O. The highest BCUT2D eigenvalue weighted by Gasteiger charge is 2.18. The lowest BCUT2D eigenvalue weighted by molar-refractivity contribution is -0.132. The lowest BCUT2D eigenvalue weighted by Crippen LogP contribution is -2.40. The maximum Gasteiger partial charge on any atom is 0.236 e. The molecule has 0 fully saturated rings. The van der Waals surface area contributed by atoms with Crippen molar-refractivity contribution in [3.05, 3.63) is 48.6 Å². The summed E-state index contributed by atoms with van der Waals surface area (Å²) in [6.07, 6.45) is 6.12. The average molecular weight is 361 g/mol. The van der Waals surface area contributed by atoms with E-state index in [4.69, 9.17) is 5.73 Å². The fourth-order valence-electron chi connectivity index (χ4n) is 2.30. The molecule has 0 saturated carbocycles. The number of hydrogen-bond acceptors (Lipinski definition) is 5. The van der Waals surface area contributed by atoms with E-state index in [1.807, 2.05) is 42.8 Å². The highest BCUT2D eigenvalue weighted by molar-refractivity contribution is 5.78. The Balaban J connectivity index is 2.69. The van der Waals surface area contributed by atoms with Gasteiger partial charge in [-0.25, -0.2) is 14.4 Å². The average Bonchev–Trinajstić information content (AvgIpc) is 2.66. The molecule has 0 radical (unpaired) electrons. The highest BCUT2D eigenvalue weighted by atomic mass is 19.1. The van der Waals surface area contributed by atoms with Crippen molar-refractivity contribution in [2.45, 2.75) is 26.3 Å². The molecule has 0 aromatic carbocycles. The Morgan fingerprint density at radius 1 is 1.50 bits per heavy atom. The SMILES string of the molecule is C=CCCN(CC)C(=O)CN(C)[C@@H](C)c1ccc(N=CC(F)=CN)nc1. The van der Waals surface area contributed by atoms with Crippen LogP contribution in [0.25, 0.3) is 0 Å². The number of carbonyl (C=O) groups is 1. The van der Waals surface area contributed by atoms with Gasteiger partial charge >= 0.3 is 0 Å². The normalized spacial score (nSPS) is 13.2. The van der Waals surface area contributed by atoms with Gasteiger partial charge in [-0.1, -0.05) is 12.1 Å². The molecule has 0 bridgehead atoms. The number of halogens is 1. The fourth-order valence-corrected chi connectivity index (χ4v) is 2.30. The van der Waals surface area contributed by atoms with Crippen LogP contribution in [0.1, 0.15) is 31.9 Å². The predicted molar refractivity (Wildman–Crippen MR) is 104 cm³/mol. The molecule has 1 aromatic rings. The number of aliphatic imine (C=N–C) groups is 1. The minimum atomic E-state index is -0.626.